The molecule has 0 unspecified atom stereocenters. The van der Waals surface area contributed by atoms with Crippen molar-refractivity contribution in [3.8, 4) is 11.5 Å². The van der Waals surface area contributed by atoms with Gasteiger partial charge in [0.2, 0.25) is 0 Å². The normalized spacial score (nSPS) is 11.9. The maximum Gasteiger partial charge on any atom is 0.274 e. The topological polar surface area (TPSA) is 29.5 Å². The molecule has 83 valence electrons. The maximum atomic E-state index is 9.64. The number of benzene rings is 1. The summed E-state index contributed by atoms with van der Waals surface area (Å²) >= 11 is 0. The van der Waals surface area contributed by atoms with Crippen LogP contribution in [0.25, 0.3) is 0 Å². The van der Waals surface area contributed by atoms with Crippen molar-refractivity contribution in [1.29, 1.82) is 0 Å². The van der Waals surface area contributed by atoms with Crippen LogP contribution in [0.4, 0.5) is 0 Å². The Morgan fingerprint density at radius 2 is 1.80 bits per heavy atom. The Balaban J connectivity index is 3.06. The van der Waals surface area contributed by atoms with Crippen LogP contribution in [0.3, 0.4) is 0 Å². The minimum Gasteiger partial charge on any atom is -0.540 e. The van der Waals surface area contributed by atoms with E-state index in [2.05, 4.69) is 20.8 Å². The Kier molecular flexibility index (Phi) is 3.45. The quantitative estimate of drug-likeness (QED) is 0.779. The zero-order valence-corrected chi connectivity index (χ0v) is 11.1. The van der Waals surface area contributed by atoms with Crippen molar-refractivity contribution in [2.75, 3.05) is 0 Å². The summed E-state index contributed by atoms with van der Waals surface area (Å²) < 4.78 is 5.63. The van der Waals surface area contributed by atoms with Crippen molar-refractivity contribution in [3.63, 3.8) is 0 Å². The van der Waals surface area contributed by atoms with Gasteiger partial charge in [0.1, 0.15) is 5.75 Å². The SMILES string of the molecule is C[Si](C)Oc1cc(C(C)(C)C)ccc1O. The van der Waals surface area contributed by atoms with Crippen molar-refractivity contribution in [1.82, 2.24) is 0 Å². The molecule has 0 bridgehead atoms. The van der Waals surface area contributed by atoms with Crippen molar-refractivity contribution >= 4 is 9.04 Å². The molecule has 0 aromatic heterocycles. The van der Waals surface area contributed by atoms with E-state index in [1.807, 2.05) is 25.2 Å². The molecular formula is C12H19O2Si. The van der Waals surface area contributed by atoms with Crippen molar-refractivity contribution in [2.24, 2.45) is 0 Å². The first-order chi connectivity index (χ1) is 6.80. The number of hydrogen-bond donors (Lipinski definition) is 1. The van der Waals surface area contributed by atoms with Crippen LogP contribution in [0.5, 0.6) is 11.5 Å². The van der Waals surface area contributed by atoms with Crippen molar-refractivity contribution in [3.05, 3.63) is 23.8 Å². The molecular weight excluding hydrogens is 204 g/mol. The van der Waals surface area contributed by atoms with Gasteiger partial charge in [-0.25, -0.2) is 0 Å². The van der Waals surface area contributed by atoms with Gasteiger partial charge in [-0.15, -0.1) is 0 Å². The summed E-state index contributed by atoms with van der Waals surface area (Å²) in [7, 11) is -0.831. The molecule has 0 saturated heterocycles. The van der Waals surface area contributed by atoms with Gasteiger partial charge in [0.05, 0.1) is 0 Å². The summed E-state index contributed by atoms with van der Waals surface area (Å²) in [4.78, 5) is 0. The monoisotopic (exact) mass is 223 g/mol. The van der Waals surface area contributed by atoms with E-state index >= 15 is 0 Å². The summed E-state index contributed by atoms with van der Waals surface area (Å²) in [5.41, 5.74) is 1.26. The molecule has 0 atom stereocenters. The predicted octanol–water partition coefficient (Wildman–Crippen LogP) is 3.32. The van der Waals surface area contributed by atoms with Gasteiger partial charge < -0.3 is 9.53 Å². The lowest BCUT2D eigenvalue weighted by Crippen LogP contribution is -2.14. The zero-order valence-electron chi connectivity index (χ0n) is 10.1. The first kappa shape index (κ1) is 12.1. The van der Waals surface area contributed by atoms with Gasteiger partial charge in [-0.3, -0.25) is 0 Å². The summed E-state index contributed by atoms with van der Waals surface area (Å²) in [6.45, 7) is 10.5. The smallest absolute Gasteiger partial charge is 0.274 e. The predicted molar refractivity (Wildman–Crippen MR) is 64.9 cm³/mol. The fourth-order valence-electron chi connectivity index (χ4n) is 1.28. The van der Waals surface area contributed by atoms with Crippen LogP contribution in [0.15, 0.2) is 18.2 Å². The molecule has 1 N–H and O–H groups in total. The minimum absolute atomic E-state index is 0.0835. The van der Waals surface area contributed by atoms with Crippen LogP contribution in [0.1, 0.15) is 26.3 Å². The highest BCUT2D eigenvalue weighted by molar-refractivity contribution is 6.49. The van der Waals surface area contributed by atoms with Gasteiger partial charge in [-0.1, -0.05) is 26.8 Å². The van der Waals surface area contributed by atoms with E-state index in [0.29, 0.717) is 5.75 Å². The van der Waals surface area contributed by atoms with Gasteiger partial charge in [0.25, 0.3) is 9.04 Å². The highest BCUT2D eigenvalue weighted by atomic mass is 28.3. The molecule has 0 heterocycles. The first-order valence-corrected chi connectivity index (χ1v) is 7.53. The van der Waals surface area contributed by atoms with Gasteiger partial charge in [0.15, 0.2) is 5.75 Å². The minimum atomic E-state index is -0.831. The molecule has 3 heteroatoms. The fraction of sp³-hybridized carbons (Fsp3) is 0.500. The average molecular weight is 223 g/mol. The van der Waals surface area contributed by atoms with E-state index in [1.54, 1.807) is 6.07 Å². The molecule has 0 amide bonds. The van der Waals surface area contributed by atoms with Crippen LogP contribution in [-0.2, 0) is 5.41 Å². The Morgan fingerprint density at radius 3 is 2.27 bits per heavy atom. The molecule has 0 aliphatic carbocycles. The molecule has 1 rings (SSSR count). The Hall–Kier alpha value is -0.963. The highest BCUT2D eigenvalue weighted by Crippen LogP contribution is 2.32. The van der Waals surface area contributed by atoms with E-state index in [9.17, 15) is 5.11 Å². The second-order valence-electron chi connectivity index (χ2n) is 4.94. The molecule has 0 aliphatic rings. The lowest BCUT2D eigenvalue weighted by molar-refractivity contribution is 0.438. The Morgan fingerprint density at radius 1 is 1.20 bits per heavy atom. The lowest BCUT2D eigenvalue weighted by Gasteiger charge is -2.21. The third-order valence-corrected chi connectivity index (χ3v) is 2.77. The largest absolute Gasteiger partial charge is 0.540 e. The van der Waals surface area contributed by atoms with E-state index in [4.69, 9.17) is 4.43 Å². The summed E-state index contributed by atoms with van der Waals surface area (Å²) in [6.07, 6.45) is 0. The lowest BCUT2D eigenvalue weighted by atomic mass is 9.87. The molecule has 0 fully saturated rings. The van der Waals surface area contributed by atoms with Gasteiger partial charge in [0, 0.05) is 0 Å². The van der Waals surface area contributed by atoms with Gasteiger partial charge in [-0.05, 0) is 36.2 Å². The fourth-order valence-corrected chi connectivity index (χ4v) is 1.89. The van der Waals surface area contributed by atoms with Crippen LogP contribution < -0.4 is 4.43 Å². The molecule has 1 aromatic carbocycles. The third-order valence-electron chi connectivity index (χ3n) is 2.14. The number of aromatic hydroxyl groups is 1. The Labute approximate surface area is 93.6 Å². The van der Waals surface area contributed by atoms with Crippen LogP contribution in [0, 0.1) is 0 Å². The summed E-state index contributed by atoms with van der Waals surface area (Å²) in [5.74, 6) is 0.843. The van der Waals surface area contributed by atoms with Crippen molar-refractivity contribution in [2.45, 2.75) is 39.3 Å². The van der Waals surface area contributed by atoms with E-state index < -0.39 is 9.04 Å². The van der Waals surface area contributed by atoms with Crippen molar-refractivity contribution < 1.29 is 9.53 Å². The second kappa shape index (κ2) is 4.27. The molecule has 1 radical (unpaired) electrons. The molecule has 2 nitrogen and oxygen atoms in total. The number of phenolic OH excluding ortho intramolecular Hbond substituents is 1. The maximum absolute atomic E-state index is 9.64. The summed E-state index contributed by atoms with van der Waals surface area (Å²) in [6, 6.07) is 5.59. The van der Waals surface area contributed by atoms with Gasteiger partial charge in [-0.2, -0.15) is 0 Å². The van der Waals surface area contributed by atoms with Crippen LogP contribution >= 0.6 is 0 Å². The molecule has 0 saturated carbocycles. The van der Waals surface area contributed by atoms with E-state index in [0.717, 1.165) is 0 Å². The number of phenols is 1. The third kappa shape index (κ3) is 3.27. The second-order valence-corrected chi connectivity index (χ2v) is 6.96. The first-order valence-electron chi connectivity index (χ1n) is 5.12. The van der Waals surface area contributed by atoms with Gasteiger partial charge >= 0.3 is 0 Å². The van der Waals surface area contributed by atoms with E-state index in [-0.39, 0.29) is 11.2 Å². The van der Waals surface area contributed by atoms with E-state index in [1.165, 1.54) is 5.56 Å². The molecule has 15 heavy (non-hydrogen) atoms. The van der Waals surface area contributed by atoms with Crippen LogP contribution in [0.2, 0.25) is 13.1 Å². The number of hydrogen-bond acceptors (Lipinski definition) is 2. The zero-order chi connectivity index (χ0) is 11.6. The standard InChI is InChI=1S/C12H19O2Si/c1-12(2,3)9-6-7-10(13)11(8-9)14-15(4)5/h6-8,13H,1-5H3. The number of rotatable bonds is 2. The summed E-state index contributed by atoms with van der Waals surface area (Å²) in [5, 5.41) is 9.64. The molecule has 0 aliphatic heterocycles. The Bertz CT molecular complexity index is 340. The average Bonchev–Trinajstić information content (AvgIpc) is 2.06. The van der Waals surface area contributed by atoms with Crippen LogP contribution in [-0.4, -0.2) is 14.1 Å². The molecule has 0 spiro atoms. The highest BCUT2D eigenvalue weighted by Gasteiger charge is 2.16. The molecule has 1 aromatic rings.